The van der Waals surface area contributed by atoms with Gasteiger partial charge in [-0.05, 0) is 17.7 Å². The van der Waals surface area contributed by atoms with Crippen molar-refractivity contribution in [2.75, 3.05) is 32.1 Å². The minimum Gasteiger partial charge on any atom is -0.378 e. The van der Waals surface area contributed by atoms with Gasteiger partial charge in [0.15, 0.2) is 0 Å². The topological polar surface area (TPSA) is 55.3 Å². The summed E-state index contributed by atoms with van der Waals surface area (Å²) in [5, 5.41) is 3.85. The third-order valence-corrected chi connectivity index (χ3v) is 6.29. The first-order valence-corrected chi connectivity index (χ1v) is 10.6. The van der Waals surface area contributed by atoms with Crippen LogP contribution in [0.3, 0.4) is 0 Å². The molecule has 2 aromatic heterocycles. The zero-order chi connectivity index (χ0) is 18.6. The number of amides is 1. The molecular formula is C19H18FN3O2S2. The fourth-order valence-corrected chi connectivity index (χ4v) is 4.93. The lowest BCUT2D eigenvalue weighted by Crippen LogP contribution is -2.40. The second kappa shape index (κ2) is 8.33. The second-order valence-corrected chi connectivity index (χ2v) is 8.05. The molecule has 0 unspecified atom stereocenters. The molecule has 0 radical (unpaired) electrons. The van der Waals surface area contributed by atoms with Gasteiger partial charge in [-0.15, -0.1) is 23.1 Å². The number of thioether (sulfide) groups is 1. The lowest BCUT2D eigenvalue weighted by Gasteiger charge is -2.26. The number of fused-ring (bicyclic) bond motifs is 1. The number of benzene rings is 1. The fraction of sp³-hybridized carbons (Fsp3) is 0.316. The average molecular weight is 404 g/mol. The summed E-state index contributed by atoms with van der Waals surface area (Å²) in [6.45, 7) is 2.56. The number of hydrogen-bond donors (Lipinski definition) is 0. The Morgan fingerprint density at radius 2 is 2.00 bits per heavy atom. The predicted molar refractivity (Wildman–Crippen MR) is 106 cm³/mol. The van der Waals surface area contributed by atoms with Gasteiger partial charge < -0.3 is 9.64 Å². The van der Waals surface area contributed by atoms with Crippen LogP contribution in [-0.2, 0) is 9.53 Å². The molecule has 8 heteroatoms. The monoisotopic (exact) mass is 403 g/mol. The van der Waals surface area contributed by atoms with Gasteiger partial charge in [-0.3, -0.25) is 4.79 Å². The van der Waals surface area contributed by atoms with E-state index in [0.29, 0.717) is 38.5 Å². The highest BCUT2D eigenvalue weighted by molar-refractivity contribution is 7.99. The molecule has 0 spiro atoms. The lowest BCUT2D eigenvalue weighted by atomic mass is 10.1. The number of morpholine rings is 1. The van der Waals surface area contributed by atoms with Crippen molar-refractivity contribution in [1.29, 1.82) is 0 Å². The van der Waals surface area contributed by atoms with Crippen LogP contribution in [0.5, 0.6) is 0 Å². The van der Waals surface area contributed by atoms with Gasteiger partial charge in [-0.2, -0.15) is 0 Å². The minimum atomic E-state index is -0.259. The van der Waals surface area contributed by atoms with Crippen molar-refractivity contribution in [3.05, 3.63) is 41.8 Å². The summed E-state index contributed by atoms with van der Waals surface area (Å²) >= 11 is 3.10. The Kier molecular flexibility index (Phi) is 5.66. The van der Waals surface area contributed by atoms with Crippen LogP contribution in [0.4, 0.5) is 4.39 Å². The van der Waals surface area contributed by atoms with E-state index in [1.807, 2.05) is 10.3 Å². The van der Waals surface area contributed by atoms with E-state index >= 15 is 0 Å². The molecular weight excluding hydrogens is 385 g/mol. The Balaban J connectivity index is 1.51. The van der Waals surface area contributed by atoms with Gasteiger partial charge in [0.1, 0.15) is 22.0 Å². The fourth-order valence-electron chi connectivity index (χ4n) is 3.00. The molecule has 1 aliphatic rings. The van der Waals surface area contributed by atoms with E-state index in [1.54, 1.807) is 41.6 Å². The van der Waals surface area contributed by atoms with E-state index in [0.717, 1.165) is 26.4 Å². The van der Waals surface area contributed by atoms with Gasteiger partial charge in [0.2, 0.25) is 5.91 Å². The molecule has 3 heterocycles. The SMILES string of the molecule is O=C(CCSc1ncnc2scc(-c3ccc(F)cc3)c12)N1CCOCC1. The van der Waals surface area contributed by atoms with E-state index < -0.39 is 0 Å². The molecule has 0 aliphatic carbocycles. The largest absolute Gasteiger partial charge is 0.378 e. The van der Waals surface area contributed by atoms with Gasteiger partial charge >= 0.3 is 0 Å². The highest BCUT2D eigenvalue weighted by Crippen LogP contribution is 2.38. The molecule has 1 aromatic carbocycles. The second-order valence-electron chi connectivity index (χ2n) is 6.11. The van der Waals surface area contributed by atoms with Crippen LogP contribution in [0, 0.1) is 5.82 Å². The Morgan fingerprint density at radius 3 is 2.78 bits per heavy atom. The Bertz CT molecular complexity index is 940. The molecule has 3 aromatic rings. The van der Waals surface area contributed by atoms with Gasteiger partial charge in [-0.25, -0.2) is 14.4 Å². The smallest absolute Gasteiger partial charge is 0.223 e. The van der Waals surface area contributed by atoms with Crippen LogP contribution in [0.15, 0.2) is 41.0 Å². The first kappa shape index (κ1) is 18.3. The first-order valence-electron chi connectivity index (χ1n) is 8.69. The highest BCUT2D eigenvalue weighted by atomic mass is 32.2. The van der Waals surface area contributed by atoms with E-state index in [9.17, 15) is 9.18 Å². The molecule has 0 saturated carbocycles. The molecule has 5 nitrogen and oxygen atoms in total. The maximum atomic E-state index is 13.2. The van der Waals surface area contributed by atoms with E-state index in [1.165, 1.54) is 12.1 Å². The zero-order valence-corrected chi connectivity index (χ0v) is 16.2. The van der Waals surface area contributed by atoms with Crippen molar-refractivity contribution >= 4 is 39.2 Å². The standard InChI is InChI=1S/C19H18FN3O2S2/c20-14-3-1-13(2-4-14)15-11-27-19-17(15)18(21-12-22-19)26-10-5-16(24)23-6-8-25-9-7-23/h1-4,11-12H,5-10H2. The molecule has 1 saturated heterocycles. The predicted octanol–water partition coefficient (Wildman–Crippen LogP) is 3.84. The highest BCUT2D eigenvalue weighted by Gasteiger charge is 2.18. The van der Waals surface area contributed by atoms with Crippen LogP contribution in [0.2, 0.25) is 0 Å². The van der Waals surface area contributed by atoms with Crippen molar-refractivity contribution in [1.82, 2.24) is 14.9 Å². The number of aromatic nitrogens is 2. The number of nitrogens with zero attached hydrogens (tertiary/aromatic N) is 3. The Hall–Kier alpha value is -2.03. The number of carbonyl (C=O) groups excluding carboxylic acids is 1. The third kappa shape index (κ3) is 4.12. The maximum absolute atomic E-state index is 13.2. The van der Waals surface area contributed by atoms with Gasteiger partial charge in [0, 0.05) is 36.2 Å². The van der Waals surface area contributed by atoms with Crippen molar-refractivity contribution in [2.24, 2.45) is 0 Å². The number of thiophene rings is 1. The zero-order valence-electron chi connectivity index (χ0n) is 14.6. The Labute approximate surface area is 164 Å². The first-order chi connectivity index (χ1) is 13.2. The molecule has 0 bridgehead atoms. The summed E-state index contributed by atoms with van der Waals surface area (Å²) in [4.78, 5) is 23.8. The molecule has 140 valence electrons. The van der Waals surface area contributed by atoms with Crippen molar-refractivity contribution in [2.45, 2.75) is 11.4 Å². The van der Waals surface area contributed by atoms with Crippen LogP contribution in [0.25, 0.3) is 21.3 Å². The lowest BCUT2D eigenvalue weighted by molar-refractivity contribution is -0.134. The molecule has 1 aliphatic heterocycles. The van der Waals surface area contributed by atoms with Crippen LogP contribution >= 0.6 is 23.1 Å². The number of ether oxygens (including phenoxy) is 1. The quantitative estimate of drug-likeness (QED) is 0.479. The molecule has 4 rings (SSSR count). The summed E-state index contributed by atoms with van der Waals surface area (Å²) in [5.74, 6) is 0.548. The molecule has 27 heavy (non-hydrogen) atoms. The number of rotatable bonds is 5. The van der Waals surface area contributed by atoms with Gasteiger partial charge in [-0.1, -0.05) is 12.1 Å². The van der Waals surface area contributed by atoms with Crippen LogP contribution in [0.1, 0.15) is 6.42 Å². The van der Waals surface area contributed by atoms with Crippen molar-refractivity contribution in [3.63, 3.8) is 0 Å². The summed E-state index contributed by atoms with van der Waals surface area (Å²) in [6.07, 6.45) is 2.02. The van der Waals surface area contributed by atoms with Gasteiger partial charge in [0.25, 0.3) is 0 Å². The molecule has 0 N–H and O–H groups in total. The molecule has 1 amide bonds. The summed E-state index contributed by atoms with van der Waals surface area (Å²) in [7, 11) is 0. The molecule has 1 fully saturated rings. The van der Waals surface area contributed by atoms with E-state index in [-0.39, 0.29) is 11.7 Å². The number of carbonyl (C=O) groups is 1. The third-order valence-electron chi connectivity index (χ3n) is 4.41. The number of hydrogen-bond acceptors (Lipinski definition) is 6. The van der Waals surface area contributed by atoms with E-state index in [2.05, 4.69) is 9.97 Å². The van der Waals surface area contributed by atoms with Crippen molar-refractivity contribution in [3.8, 4) is 11.1 Å². The van der Waals surface area contributed by atoms with Gasteiger partial charge in [0.05, 0.1) is 18.6 Å². The Morgan fingerprint density at radius 1 is 1.22 bits per heavy atom. The number of halogens is 1. The summed E-state index contributed by atoms with van der Waals surface area (Å²) in [6, 6.07) is 6.44. The molecule has 0 atom stereocenters. The summed E-state index contributed by atoms with van der Waals surface area (Å²) < 4.78 is 18.5. The van der Waals surface area contributed by atoms with Crippen LogP contribution in [-0.4, -0.2) is 52.8 Å². The van der Waals surface area contributed by atoms with Crippen LogP contribution < -0.4 is 0 Å². The van der Waals surface area contributed by atoms with E-state index in [4.69, 9.17) is 4.74 Å². The average Bonchev–Trinajstić information content (AvgIpc) is 3.14. The minimum absolute atomic E-state index is 0.153. The van der Waals surface area contributed by atoms with Crippen molar-refractivity contribution < 1.29 is 13.9 Å². The summed E-state index contributed by atoms with van der Waals surface area (Å²) in [5.41, 5.74) is 1.93. The maximum Gasteiger partial charge on any atom is 0.223 e. The normalized spacial score (nSPS) is 14.6.